The first-order chi connectivity index (χ1) is 12.7. The van der Waals surface area contributed by atoms with Gasteiger partial charge in [-0.2, -0.15) is 5.10 Å². The smallest absolute Gasteiger partial charge is 0.271 e. The molecule has 3 rings (SSSR count). The monoisotopic (exact) mass is 354 g/mol. The number of methoxy groups -OCH3 is 2. The molecule has 1 aliphatic heterocycles. The molecule has 1 aromatic heterocycles. The van der Waals surface area contributed by atoms with Crippen LogP contribution in [0.25, 0.3) is 0 Å². The minimum atomic E-state index is -0.303. The van der Waals surface area contributed by atoms with Gasteiger partial charge in [-0.25, -0.2) is 5.43 Å². The van der Waals surface area contributed by atoms with Gasteiger partial charge in [0.25, 0.3) is 5.91 Å². The van der Waals surface area contributed by atoms with Gasteiger partial charge in [-0.3, -0.25) is 9.78 Å². The SMILES string of the molecule is COc1cc(N2CCCC2)c(OC)cc1/C=N\NC(=O)c1ccncc1. The van der Waals surface area contributed by atoms with Crippen LogP contribution in [0.2, 0.25) is 0 Å². The zero-order chi connectivity index (χ0) is 18.4. The summed E-state index contributed by atoms with van der Waals surface area (Å²) in [6, 6.07) is 7.07. The van der Waals surface area contributed by atoms with E-state index in [1.807, 2.05) is 12.1 Å². The molecule has 0 saturated carbocycles. The lowest BCUT2D eigenvalue weighted by Gasteiger charge is -2.22. The van der Waals surface area contributed by atoms with Crippen LogP contribution in [0.1, 0.15) is 28.8 Å². The van der Waals surface area contributed by atoms with Gasteiger partial charge in [0.15, 0.2) is 0 Å². The highest BCUT2D eigenvalue weighted by molar-refractivity contribution is 5.95. The van der Waals surface area contributed by atoms with Crippen molar-refractivity contribution >= 4 is 17.8 Å². The molecule has 0 aliphatic carbocycles. The van der Waals surface area contributed by atoms with E-state index in [1.54, 1.807) is 45.0 Å². The van der Waals surface area contributed by atoms with Gasteiger partial charge < -0.3 is 14.4 Å². The zero-order valence-corrected chi connectivity index (χ0v) is 14.9. The summed E-state index contributed by atoms with van der Waals surface area (Å²) in [5, 5.41) is 4.04. The van der Waals surface area contributed by atoms with Gasteiger partial charge in [0.05, 0.1) is 26.1 Å². The summed E-state index contributed by atoms with van der Waals surface area (Å²) in [7, 11) is 3.26. The molecular formula is C19H22N4O3. The number of anilines is 1. The highest BCUT2D eigenvalue weighted by Crippen LogP contribution is 2.36. The van der Waals surface area contributed by atoms with Crippen LogP contribution in [-0.2, 0) is 0 Å². The predicted molar refractivity (Wildman–Crippen MR) is 100 cm³/mol. The maximum absolute atomic E-state index is 12.0. The molecule has 0 atom stereocenters. The molecule has 1 N–H and O–H groups in total. The minimum absolute atomic E-state index is 0.303. The van der Waals surface area contributed by atoms with Crippen molar-refractivity contribution in [3.8, 4) is 11.5 Å². The average molecular weight is 354 g/mol. The fourth-order valence-corrected chi connectivity index (χ4v) is 2.94. The molecule has 0 unspecified atom stereocenters. The van der Waals surface area contributed by atoms with Gasteiger partial charge in [0.1, 0.15) is 11.5 Å². The van der Waals surface area contributed by atoms with Crippen LogP contribution in [0.4, 0.5) is 5.69 Å². The van der Waals surface area contributed by atoms with Crippen LogP contribution < -0.4 is 19.8 Å². The summed E-state index contributed by atoms with van der Waals surface area (Å²) >= 11 is 0. The van der Waals surface area contributed by atoms with Crippen molar-refractivity contribution in [2.24, 2.45) is 5.10 Å². The average Bonchev–Trinajstić information content (AvgIpc) is 3.22. The fourth-order valence-electron chi connectivity index (χ4n) is 2.94. The van der Waals surface area contributed by atoms with E-state index in [1.165, 1.54) is 12.8 Å². The number of benzene rings is 1. The molecule has 1 aliphatic rings. The summed E-state index contributed by atoms with van der Waals surface area (Å²) in [4.78, 5) is 18.2. The quantitative estimate of drug-likeness (QED) is 0.637. The lowest BCUT2D eigenvalue weighted by atomic mass is 10.1. The molecule has 1 fully saturated rings. The molecule has 2 heterocycles. The topological polar surface area (TPSA) is 76.1 Å². The number of carbonyl (C=O) groups is 1. The number of nitrogens with one attached hydrogen (secondary N) is 1. The van der Waals surface area contributed by atoms with Crippen LogP contribution in [0.5, 0.6) is 11.5 Å². The van der Waals surface area contributed by atoms with Crippen LogP contribution >= 0.6 is 0 Å². The third kappa shape index (κ3) is 3.93. The second-order valence-electron chi connectivity index (χ2n) is 5.90. The van der Waals surface area contributed by atoms with Gasteiger partial charge >= 0.3 is 0 Å². The summed E-state index contributed by atoms with van der Waals surface area (Å²) in [6.45, 7) is 2.02. The molecule has 0 bridgehead atoms. The van der Waals surface area contributed by atoms with E-state index in [-0.39, 0.29) is 5.91 Å². The fraction of sp³-hybridized carbons (Fsp3) is 0.316. The molecule has 1 aromatic carbocycles. The maximum atomic E-state index is 12.0. The minimum Gasteiger partial charge on any atom is -0.496 e. The number of nitrogens with zero attached hydrogens (tertiary/aromatic N) is 3. The van der Waals surface area contributed by atoms with Gasteiger partial charge in [0, 0.05) is 42.7 Å². The van der Waals surface area contributed by atoms with Crippen molar-refractivity contribution in [2.45, 2.75) is 12.8 Å². The number of amides is 1. The summed E-state index contributed by atoms with van der Waals surface area (Å²) in [5.41, 5.74) is 4.73. The Balaban J connectivity index is 1.79. The van der Waals surface area contributed by atoms with E-state index >= 15 is 0 Å². The zero-order valence-electron chi connectivity index (χ0n) is 14.9. The molecule has 1 saturated heterocycles. The van der Waals surface area contributed by atoms with Gasteiger partial charge in [0.2, 0.25) is 0 Å². The molecule has 0 spiro atoms. The van der Waals surface area contributed by atoms with Gasteiger partial charge in [-0.1, -0.05) is 0 Å². The first-order valence-corrected chi connectivity index (χ1v) is 8.47. The highest BCUT2D eigenvalue weighted by Gasteiger charge is 2.19. The highest BCUT2D eigenvalue weighted by atomic mass is 16.5. The number of hydrogen-bond acceptors (Lipinski definition) is 6. The Kier molecular flexibility index (Phi) is 5.68. The Hall–Kier alpha value is -3.09. The predicted octanol–water partition coefficient (Wildman–Crippen LogP) is 2.46. The van der Waals surface area contributed by atoms with Crippen molar-refractivity contribution in [1.82, 2.24) is 10.4 Å². The standard InChI is InChI=1S/C19H22N4O3/c1-25-17-12-16(23-9-3-4-10-23)18(26-2)11-15(17)13-21-22-19(24)14-5-7-20-8-6-14/h5-8,11-13H,3-4,9-10H2,1-2H3,(H,22,24)/b21-13-. The lowest BCUT2D eigenvalue weighted by molar-refractivity contribution is 0.0955. The Morgan fingerprint density at radius 3 is 2.50 bits per heavy atom. The Morgan fingerprint density at radius 2 is 1.85 bits per heavy atom. The van der Waals surface area contributed by atoms with Crippen molar-refractivity contribution in [3.05, 3.63) is 47.8 Å². The van der Waals surface area contributed by atoms with Crippen molar-refractivity contribution in [2.75, 3.05) is 32.2 Å². The molecule has 7 heteroatoms. The molecule has 1 amide bonds. The number of hydrazone groups is 1. The Morgan fingerprint density at radius 1 is 1.15 bits per heavy atom. The van der Waals surface area contributed by atoms with Gasteiger partial charge in [-0.15, -0.1) is 0 Å². The second-order valence-corrected chi connectivity index (χ2v) is 5.90. The molecule has 2 aromatic rings. The first kappa shape index (κ1) is 17.7. The van der Waals surface area contributed by atoms with Crippen LogP contribution in [0.3, 0.4) is 0 Å². The van der Waals surface area contributed by atoms with Crippen molar-refractivity contribution in [3.63, 3.8) is 0 Å². The molecule has 7 nitrogen and oxygen atoms in total. The number of carbonyl (C=O) groups excluding carboxylic acids is 1. The van der Waals surface area contributed by atoms with E-state index < -0.39 is 0 Å². The molecule has 26 heavy (non-hydrogen) atoms. The first-order valence-electron chi connectivity index (χ1n) is 8.47. The summed E-state index contributed by atoms with van der Waals surface area (Å²) in [6.07, 6.45) is 7.02. The van der Waals surface area contributed by atoms with E-state index in [4.69, 9.17) is 9.47 Å². The maximum Gasteiger partial charge on any atom is 0.271 e. The number of hydrogen-bond donors (Lipinski definition) is 1. The van der Waals surface area contributed by atoms with E-state index in [9.17, 15) is 4.79 Å². The number of pyridine rings is 1. The number of ether oxygens (including phenoxy) is 2. The van der Waals surface area contributed by atoms with Crippen LogP contribution in [-0.4, -0.2) is 44.4 Å². The number of rotatable bonds is 6. The van der Waals surface area contributed by atoms with E-state index in [0.29, 0.717) is 11.3 Å². The van der Waals surface area contributed by atoms with Crippen molar-refractivity contribution in [1.29, 1.82) is 0 Å². The van der Waals surface area contributed by atoms with E-state index in [0.717, 1.165) is 30.1 Å². The second kappa shape index (κ2) is 8.33. The largest absolute Gasteiger partial charge is 0.496 e. The Labute approximate surface area is 152 Å². The molecular weight excluding hydrogens is 332 g/mol. The molecule has 0 radical (unpaired) electrons. The third-order valence-electron chi connectivity index (χ3n) is 4.29. The van der Waals surface area contributed by atoms with Crippen LogP contribution in [0.15, 0.2) is 41.8 Å². The van der Waals surface area contributed by atoms with E-state index in [2.05, 4.69) is 20.4 Å². The van der Waals surface area contributed by atoms with Crippen molar-refractivity contribution < 1.29 is 14.3 Å². The summed E-state index contributed by atoms with van der Waals surface area (Å²) < 4.78 is 11.0. The Bertz CT molecular complexity index is 787. The summed E-state index contributed by atoms with van der Waals surface area (Å²) in [5.74, 6) is 1.13. The van der Waals surface area contributed by atoms with Crippen LogP contribution in [0, 0.1) is 0 Å². The lowest BCUT2D eigenvalue weighted by Crippen LogP contribution is -2.19. The normalized spacial score (nSPS) is 13.8. The molecule has 136 valence electrons. The van der Waals surface area contributed by atoms with Gasteiger partial charge in [-0.05, 0) is 31.0 Å². The number of aromatic nitrogens is 1. The third-order valence-corrected chi connectivity index (χ3v) is 4.29.